The van der Waals surface area contributed by atoms with Gasteiger partial charge in [0.05, 0.1) is 34.9 Å². The quantitative estimate of drug-likeness (QED) is 0.155. The van der Waals surface area contributed by atoms with Crippen LogP contribution in [0.15, 0.2) is 61.1 Å². The summed E-state index contributed by atoms with van der Waals surface area (Å²) in [5.41, 5.74) is 7.17. The molecule has 1 saturated heterocycles. The molecule has 0 radical (unpaired) electrons. The monoisotopic (exact) mass is 647 g/mol. The number of pyridine rings is 1. The van der Waals surface area contributed by atoms with Gasteiger partial charge in [0.2, 0.25) is 0 Å². The van der Waals surface area contributed by atoms with Gasteiger partial charge >= 0.3 is 6.03 Å². The normalized spacial score (nSPS) is 17.5. The van der Waals surface area contributed by atoms with Gasteiger partial charge in [-0.3, -0.25) is 4.68 Å². The maximum atomic E-state index is 12.6. The van der Waals surface area contributed by atoms with E-state index in [2.05, 4.69) is 63.7 Å². The Balaban J connectivity index is 1.25. The van der Waals surface area contributed by atoms with Crippen LogP contribution < -0.4 is 5.32 Å². The Labute approximate surface area is 275 Å². The first-order chi connectivity index (χ1) is 22.7. The molecule has 0 bridgehead atoms. The maximum absolute atomic E-state index is 12.6. The van der Waals surface area contributed by atoms with Gasteiger partial charge in [0.15, 0.2) is 0 Å². The van der Waals surface area contributed by atoms with Gasteiger partial charge in [-0.1, -0.05) is 19.6 Å². The van der Waals surface area contributed by atoms with E-state index >= 15 is 0 Å². The Morgan fingerprint density at radius 3 is 2.70 bits per heavy atom. The third kappa shape index (κ3) is 5.85. The van der Waals surface area contributed by atoms with Crippen molar-refractivity contribution in [1.29, 1.82) is 5.26 Å². The minimum Gasteiger partial charge on any atom is -0.361 e. The summed E-state index contributed by atoms with van der Waals surface area (Å²) >= 11 is 0. The lowest BCUT2D eigenvalue weighted by atomic mass is 9.82. The number of fused-ring (bicyclic) bond motifs is 3. The summed E-state index contributed by atoms with van der Waals surface area (Å²) < 4.78 is 12.3. The van der Waals surface area contributed by atoms with E-state index in [9.17, 15) is 10.1 Å². The number of urea groups is 1. The SMILES string of the molecule is CCNC(=O)N1CCC2(CCn3nc(-c4cnc5c(c4)c(-c4ccnn4-c4ccc(C#N)cc4)cn5COCC[Si](C)(C)C)cc32)C1. The number of nitrogens with zero attached hydrogens (tertiary/aromatic N) is 8. The van der Waals surface area contributed by atoms with E-state index in [1.165, 1.54) is 5.69 Å². The van der Waals surface area contributed by atoms with E-state index in [1.807, 2.05) is 40.9 Å². The lowest BCUT2D eigenvalue weighted by Crippen LogP contribution is -2.40. The molecule has 0 aliphatic carbocycles. The molecule has 4 aromatic heterocycles. The van der Waals surface area contributed by atoms with Crippen molar-refractivity contribution in [2.24, 2.45) is 0 Å². The highest BCUT2D eigenvalue weighted by molar-refractivity contribution is 6.76. The molecule has 1 spiro atoms. The van der Waals surface area contributed by atoms with Gasteiger partial charge in [0.25, 0.3) is 0 Å². The molecule has 11 nitrogen and oxygen atoms in total. The number of aryl methyl sites for hydroxylation is 1. The van der Waals surface area contributed by atoms with Crippen molar-refractivity contribution in [3.05, 3.63) is 72.3 Å². The molecular weight excluding hydrogens is 607 g/mol. The van der Waals surface area contributed by atoms with E-state index in [0.717, 1.165) is 71.2 Å². The number of rotatable bonds is 9. The van der Waals surface area contributed by atoms with Crippen molar-refractivity contribution >= 4 is 25.1 Å². The van der Waals surface area contributed by atoms with E-state index in [1.54, 1.807) is 18.3 Å². The van der Waals surface area contributed by atoms with Gasteiger partial charge in [-0.05, 0) is 68.3 Å². The number of nitrogens with one attached hydrogen (secondary N) is 1. The number of ether oxygens (including phenoxy) is 1. The number of hydrogen-bond donors (Lipinski definition) is 1. The minimum atomic E-state index is -1.22. The van der Waals surface area contributed by atoms with Crippen LogP contribution in [0, 0.1) is 11.3 Å². The van der Waals surface area contributed by atoms with E-state index in [4.69, 9.17) is 14.8 Å². The van der Waals surface area contributed by atoms with Crippen LogP contribution in [0.2, 0.25) is 25.7 Å². The van der Waals surface area contributed by atoms with Crippen molar-refractivity contribution in [2.75, 3.05) is 26.2 Å². The number of aromatic nitrogens is 6. The molecule has 7 rings (SSSR count). The van der Waals surface area contributed by atoms with Crippen LogP contribution in [-0.4, -0.2) is 74.4 Å². The topological polar surface area (TPSA) is 119 Å². The lowest BCUT2D eigenvalue weighted by Gasteiger charge is -2.23. The van der Waals surface area contributed by atoms with Gasteiger partial charge in [-0.25, -0.2) is 14.5 Å². The Morgan fingerprint density at radius 1 is 1.13 bits per heavy atom. The number of benzene rings is 1. The second kappa shape index (κ2) is 12.1. The van der Waals surface area contributed by atoms with Gasteiger partial charge in [-0.15, -0.1) is 0 Å². The molecular formula is C35H41N9O2Si. The Hall–Kier alpha value is -4.73. The first kappa shape index (κ1) is 30.9. The number of amides is 2. The van der Waals surface area contributed by atoms with Crippen LogP contribution in [0.3, 0.4) is 0 Å². The van der Waals surface area contributed by atoms with E-state index in [0.29, 0.717) is 32.0 Å². The zero-order valence-electron chi connectivity index (χ0n) is 27.5. The zero-order chi connectivity index (χ0) is 32.8. The van der Waals surface area contributed by atoms with Gasteiger partial charge in [-0.2, -0.15) is 15.5 Å². The lowest BCUT2D eigenvalue weighted by molar-refractivity contribution is 0.0899. The van der Waals surface area contributed by atoms with Crippen LogP contribution in [0.1, 0.15) is 31.0 Å². The van der Waals surface area contributed by atoms with E-state index in [-0.39, 0.29) is 11.4 Å². The highest BCUT2D eigenvalue weighted by Crippen LogP contribution is 2.44. The predicted octanol–water partition coefficient (Wildman–Crippen LogP) is 6.01. The highest BCUT2D eigenvalue weighted by Gasteiger charge is 2.46. The van der Waals surface area contributed by atoms with Crippen LogP contribution in [0.4, 0.5) is 4.79 Å². The summed E-state index contributed by atoms with van der Waals surface area (Å²) in [6.45, 7) is 13.1. The molecule has 2 aliphatic rings. The Morgan fingerprint density at radius 2 is 1.94 bits per heavy atom. The highest BCUT2D eigenvalue weighted by atomic mass is 28.3. The number of likely N-dealkylation sites (tertiary alicyclic amines) is 1. The maximum Gasteiger partial charge on any atom is 0.317 e. The molecule has 2 amide bonds. The fourth-order valence-corrected chi connectivity index (χ4v) is 7.63. The average molecular weight is 648 g/mol. The number of nitriles is 1. The first-order valence-electron chi connectivity index (χ1n) is 16.4. The summed E-state index contributed by atoms with van der Waals surface area (Å²) in [6, 6.07) is 17.1. The van der Waals surface area contributed by atoms with Crippen LogP contribution >= 0.6 is 0 Å². The van der Waals surface area contributed by atoms with Crippen molar-refractivity contribution in [3.8, 4) is 34.3 Å². The van der Waals surface area contributed by atoms with Crippen molar-refractivity contribution in [1.82, 2.24) is 39.3 Å². The third-order valence-electron chi connectivity index (χ3n) is 9.49. The first-order valence-corrected chi connectivity index (χ1v) is 20.1. The molecule has 6 heterocycles. The summed E-state index contributed by atoms with van der Waals surface area (Å²) in [4.78, 5) is 19.5. The summed E-state index contributed by atoms with van der Waals surface area (Å²) in [7, 11) is -1.22. The molecule has 1 unspecified atom stereocenters. The van der Waals surface area contributed by atoms with Crippen molar-refractivity contribution < 1.29 is 9.53 Å². The second-order valence-electron chi connectivity index (χ2n) is 13.9. The molecule has 1 fully saturated rings. The predicted molar refractivity (Wildman–Crippen MR) is 184 cm³/mol. The molecule has 1 aromatic carbocycles. The van der Waals surface area contributed by atoms with Crippen LogP contribution in [0.25, 0.3) is 39.2 Å². The summed E-state index contributed by atoms with van der Waals surface area (Å²) in [5, 5.41) is 22.9. The van der Waals surface area contributed by atoms with Crippen molar-refractivity contribution in [3.63, 3.8) is 0 Å². The Kier molecular flexibility index (Phi) is 7.97. The molecule has 2 aliphatic heterocycles. The molecule has 47 heavy (non-hydrogen) atoms. The fourth-order valence-electron chi connectivity index (χ4n) is 6.87. The van der Waals surface area contributed by atoms with Crippen LogP contribution in [0.5, 0.6) is 0 Å². The standard InChI is InChI=1S/C35H41N9O2Si/c1-5-37-34(45)41-14-11-35(23-41)12-15-43-32(35)19-30(40-43)26-18-28-29(22-42(33(28)38-21-26)24-46-16-17-47(2,3)4)31-10-13-39-44(31)27-8-6-25(20-36)7-9-27/h6-10,13,18-19,21-22H,5,11-12,14-17,23-24H2,1-4H3,(H,37,45). The van der Waals surface area contributed by atoms with Crippen LogP contribution in [-0.2, 0) is 23.4 Å². The fraction of sp³-hybridized carbons (Fsp3) is 0.400. The number of carbonyl (C=O) groups excluding carboxylic acids is 1. The Bertz CT molecular complexity index is 1980. The van der Waals surface area contributed by atoms with Crippen molar-refractivity contribution in [2.45, 2.75) is 64.1 Å². The number of hydrogen-bond acceptors (Lipinski definition) is 6. The third-order valence-corrected chi connectivity index (χ3v) is 11.2. The minimum absolute atomic E-state index is 0.0129. The number of carbonyl (C=O) groups is 1. The second-order valence-corrected chi connectivity index (χ2v) is 19.5. The average Bonchev–Trinajstić information content (AvgIpc) is 3.89. The molecule has 12 heteroatoms. The zero-order valence-corrected chi connectivity index (χ0v) is 28.5. The molecule has 1 N–H and O–H groups in total. The van der Waals surface area contributed by atoms with Gasteiger partial charge in [0, 0.05) is 80.9 Å². The molecule has 1 atom stereocenters. The van der Waals surface area contributed by atoms with E-state index < -0.39 is 8.07 Å². The van der Waals surface area contributed by atoms with Gasteiger partial charge < -0.3 is 19.5 Å². The largest absolute Gasteiger partial charge is 0.361 e. The molecule has 5 aromatic rings. The smallest absolute Gasteiger partial charge is 0.317 e. The molecule has 242 valence electrons. The summed E-state index contributed by atoms with van der Waals surface area (Å²) in [6.07, 6.45) is 7.74. The van der Waals surface area contributed by atoms with Gasteiger partial charge in [0.1, 0.15) is 12.4 Å². The molecule has 0 saturated carbocycles. The summed E-state index contributed by atoms with van der Waals surface area (Å²) in [5.74, 6) is 0.